The second-order valence-electron chi connectivity index (χ2n) is 5.85. The summed E-state index contributed by atoms with van der Waals surface area (Å²) in [4.78, 5) is 23.7. The highest BCUT2D eigenvalue weighted by molar-refractivity contribution is 5.82. The molecule has 0 aliphatic carbocycles. The van der Waals surface area contributed by atoms with Gasteiger partial charge in [-0.3, -0.25) is 9.59 Å². The van der Waals surface area contributed by atoms with Crippen LogP contribution in [0.2, 0.25) is 0 Å². The summed E-state index contributed by atoms with van der Waals surface area (Å²) < 4.78 is 0. The molecule has 2 N–H and O–H groups in total. The summed E-state index contributed by atoms with van der Waals surface area (Å²) in [6.07, 6.45) is 0.742. The van der Waals surface area contributed by atoms with E-state index in [0.29, 0.717) is 19.4 Å². The first kappa shape index (κ1) is 15.3. The molecule has 2 aromatic rings. The number of nitrogens with one attached hydrogen (secondary N) is 2. The van der Waals surface area contributed by atoms with Crippen molar-refractivity contribution in [2.24, 2.45) is 0 Å². The Morgan fingerprint density at radius 3 is 2.09 bits per heavy atom. The molecule has 0 bridgehead atoms. The minimum absolute atomic E-state index is 0.00188. The molecule has 0 radical (unpaired) electrons. The van der Waals surface area contributed by atoms with Gasteiger partial charge in [0, 0.05) is 25.3 Å². The van der Waals surface area contributed by atoms with Crippen molar-refractivity contribution in [3.8, 4) is 0 Å². The van der Waals surface area contributed by atoms with E-state index in [2.05, 4.69) is 10.6 Å². The van der Waals surface area contributed by atoms with Gasteiger partial charge in [0.15, 0.2) is 0 Å². The third-order valence-electron chi connectivity index (χ3n) is 4.14. The average molecular weight is 308 g/mol. The van der Waals surface area contributed by atoms with Gasteiger partial charge < -0.3 is 10.6 Å². The molecule has 118 valence electrons. The molecule has 23 heavy (non-hydrogen) atoms. The molecule has 1 aliphatic rings. The van der Waals surface area contributed by atoms with E-state index >= 15 is 0 Å². The molecule has 2 amide bonds. The van der Waals surface area contributed by atoms with Gasteiger partial charge in [-0.25, -0.2) is 0 Å². The van der Waals surface area contributed by atoms with Gasteiger partial charge in [0.1, 0.15) is 0 Å². The van der Waals surface area contributed by atoms with Crippen molar-refractivity contribution in [2.75, 3.05) is 6.54 Å². The van der Waals surface area contributed by atoms with Crippen LogP contribution in [0.5, 0.6) is 0 Å². The first-order chi connectivity index (χ1) is 11.2. The molecular formula is C19H20N2O2. The van der Waals surface area contributed by atoms with Crippen LogP contribution in [0.15, 0.2) is 60.7 Å². The Balaban J connectivity index is 1.74. The second kappa shape index (κ2) is 7.09. The predicted octanol–water partition coefficient (Wildman–Crippen LogP) is 2.21. The maximum Gasteiger partial charge on any atom is 0.222 e. The van der Waals surface area contributed by atoms with Crippen LogP contribution in [0.3, 0.4) is 0 Å². The van der Waals surface area contributed by atoms with Gasteiger partial charge in [-0.05, 0) is 11.1 Å². The van der Waals surface area contributed by atoms with Crippen LogP contribution in [0, 0.1) is 0 Å². The minimum Gasteiger partial charge on any atom is -0.354 e. The van der Waals surface area contributed by atoms with Crippen LogP contribution in [-0.4, -0.2) is 24.4 Å². The van der Waals surface area contributed by atoms with Crippen LogP contribution in [-0.2, 0) is 9.59 Å². The van der Waals surface area contributed by atoms with Gasteiger partial charge >= 0.3 is 0 Å². The van der Waals surface area contributed by atoms with Gasteiger partial charge in [-0.15, -0.1) is 0 Å². The van der Waals surface area contributed by atoms with Gasteiger partial charge in [-0.1, -0.05) is 60.7 Å². The third kappa shape index (κ3) is 3.97. The Kier molecular flexibility index (Phi) is 4.71. The van der Waals surface area contributed by atoms with Crippen LogP contribution in [0.25, 0.3) is 0 Å². The second-order valence-corrected chi connectivity index (χ2v) is 5.85. The van der Waals surface area contributed by atoms with Crippen LogP contribution < -0.4 is 10.6 Å². The lowest BCUT2D eigenvalue weighted by molar-refractivity contribution is -0.122. The Morgan fingerprint density at radius 1 is 1.04 bits per heavy atom. The highest BCUT2D eigenvalue weighted by Gasteiger charge is 2.25. The van der Waals surface area contributed by atoms with E-state index in [0.717, 1.165) is 11.1 Å². The van der Waals surface area contributed by atoms with E-state index in [9.17, 15) is 9.59 Å². The molecule has 1 aliphatic heterocycles. The number of hydrogen-bond acceptors (Lipinski definition) is 2. The van der Waals surface area contributed by atoms with Crippen molar-refractivity contribution >= 4 is 11.8 Å². The number of amides is 2. The molecule has 2 aromatic carbocycles. The zero-order chi connectivity index (χ0) is 16.1. The number of benzene rings is 2. The molecule has 1 atom stereocenters. The molecule has 1 heterocycles. The third-order valence-corrected chi connectivity index (χ3v) is 4.14. The Labute approximate surface area is 135 Å². The molecule has 0 aromatic heterocycles. The van der Waals surface area contributed by atoms with Gasteiger partial charge in [0.2, 0.25) is 11.8 Å². The van der Waals surface area contributed by atoms with Crippen LogP contribution in [0.4, 0.5) is 0 Å². The predicted molar refractivity (Wildman–Crippen MR) is 88.9 cm³/mol. The topological polar surface area (TPSA) is 58.2 Å². The fourth-order valence-electron chi connectivity index (χ4n) is 2.98. The van der Waals surface area contributed by atoms with Crippen molar-refractivity contribution in [1.29, 1.82) is 0 Å². The van der Waals surface area contributed by atoms with Crippen LogP contribution >= 0.6 is 0 Å². The Hall–Kier alpha value is -2.62. The molecule has 3 rings (SSSR count). The highest BCUT2D eigenvalue weighted by Crippen LogP contribution is 2.27. The summed E-state index contributed by atoms with van der Waals surface area (Å²) in [5.41, 5.74) is 2.24. The molecule has 0 spiro atoms. The zero-order valence-corrected chi connectivity index (χ0v) is 12.9. The lowest BCUT2D eigenvalue weighted by Gasteiger charge is -2.19. The highest BCUT2D eigenvalue weighted by atomic mass is 16.2. The van der Waals surface area contributed by atoms with Crippen LogP contribution in [0.1, 0.15) is 29.9 Å². The summed E-state index contributed by atoms with van der Waals surface area (Å²) in [5.74, 6) is -0.00959. The summed E-state index contributed by atoms with van der Waals surface area (Å²) >= 11 is 0. The fourth-order valence-corrected chi connectivity index (χ4v) is 2.98. The molecule has 1 saturated heterocycles. The fraction of sp³-hybridized carbons (Fsp3) is 0.263. The number of hydrogen-bond donors (Lipinski definition) is 2. The van der Waals surface area contributed by atoms with E-state index in [1.165, 1.54) is 0 Å². The van der Waals surface area contributed by atoms with E-state index in [1.807, 2.05) is 60.7 Å². The average Bonchev–Trinajstić information content (AvgIpc) is 2.99. The standard InChI is InChI=1S/C19H20N2O2/c22-18-11-16(13-20-18)21-19(23)12-17(14-7-3-1-4-8-14)15-9-5-2-6-10-15/h1-10,16-17H,11-13H2,(H,20,22)(H,21,23). The van der Waals surface area contributed by atoms with Crippen molar-refractivity contribution in [1.82, 2.24) is 10.6 Å². The first-order valence-electron chi connectivity index (χ1n) is 7.88. The van der Waals surface area contributed by atoms with Gasteiger partial charge in [-0.2, -0.15) is 0 Å². The Morgan fingerprint density at radius 2 is 1.61 bits per heavy atom. The van der Waals surface area contributed by atoms with Gasteiger partial charge in [0.25, 0.3) is 0 Å². The zero-order valence-electron chi connectivity index (χ0n) is 12.9. The number of carbonyl (C=O) groups excluding carboxylic acids is 2. The summed E-state index contributed by atoms with van der Waals surface area (Å²) in [6, 6.07) is 20.0. The largest absolute Gasteiger partial charge is 0.354 e. The maximum atomic E-state index is 12.4. The van der Waals surface area contributed by atoms with E-state index in [1.54, 1.807) is 0 Å². The quantitative estimate of drug-likeness (QED) is 0.890. The molecule has 1 unspecified atom stereocenters. The smallest absolute Gasteiger partial charge is 0.222 e. The Bertz CT molecular complexity index is 631. The maximum absolute atomic E-state index is 12.4. The first-order valence-corrected chi connectivity index (χ1v) is 7.88. The molecule has 4 heteroatoms. The lowest BCUT2D eigenvalue weighted by atomic mass is 9.88. The van der Waals surface area contributed by atoms with Gasteiger partial charge in [0.05, 0.1) is 6.04 Å². The number of rotatable bonds is 5. The monoisotopic (exact) mass is 308 g/mol. The molecular weight excluding hydrogens is 288 g/mol. The number of carbonyl (C=O) groups is 2. The normalized spacial score (nSPS) is 17.1. The van der Waals surface area contributed by atoms with E-state index < -0.39 is 0 Å². The van der Waals surface area contributed by atoms with E-state index in [4.69, 9.17) is 0 Å². The molecule has 1 fully saturated rings. The molecule has 4 nitrogen and oxygen atoms in total. The minimum atomic E-state index is -0.0952. The lowest BCUT2D eigenvalue weighted by Crippen LogP contribution is -2.36. The van der Waals surface area contributed by atoms with Crippen molar-refractivity contribution in [3.63, 3.8) is 0 Å². The summed E-state index contributed by atoms with van der Waals surface area (Å²) in [5, 5.41) is 5.69. The van der Waals surface area contributed by atoms with Crippen molar-refractivity contribution in [3.05, 3.63) is 71.8 Å². The summed E-state index contributed by atoms with van der Waals surface area (Å²) in [7, 11) is 0. The summed E-state index contributed by atoms with van der Waals surface area (Å²) in [6.45, 7) is 0.520. The van der Waals surface area contributed by atoms with Crippen molar-refractivity contribution in [2.45, 2.75) is 24.8 Å². The van der Waals surface area contributed by atoms with E-state index in [-0.39, 0.29) is 23.8 Å². The van der Waals surface area contributed by atoms with Crippen molar-refractivity contribution < 1.29 is 9.59 Å². The molecule has 0 saturated carbocycles. The SMILES string of the molecule is O=C1CC(NC(=O)CC(c2ccccc2)c2ccccc2)CN1.